The van der Waals surface area contributed by atoms with Crippen LogP contribution in [0.1, 0.15) is 6.42 Å². The largest absolute Gasteiger partial charge is 0.323 e. The number of nitrogens with two attached hydrogens (primary N) is 1. The normalized spacial score (nSPS) is 33.6. The minimum absolute atomic E-state index is 0.105. The highest BCUT2D eigenvalue weighted by atomic mass is 32.2. The van der Waals surface area contributed by atoms with Crippen LogP contribution in [0.3, 0.4) is 0 Å². The predicted octanol–water partition coefficient (Wildman–Crippen LogP) is 0.382. The minimum Gasteiger partial charge on any atom is -0.323 e. The Morgan fingerprint density at radius 3 is 2.70 bits per heavy atom. The zero-order valence-electron chi connectivity index (χ0n) is 6.76. The lowest BCUT2D eigenvalue weighted by Crippen LogP contribution is -2.48. The summed E-state index contributed by atoms with van der Waals surface area (Å²) in [6.07, 6.45) is 1.18. The third-order valence-corrected chi connectivity index (χ3v) is 3.04. The molecule has 3 heteroatoms. The molecule has 0 radical (unpaired) electrons. The Bertz CT molecular complexity index is 108. The van der Waals surface area contributed by atoms with Gasteiger partial charge < -0.3 is 10.6 Å². The van der Waals surface area contributed by atoms with Crippen LogP contribution >= 0.6 is 11.8 Å². The van der Waals surface area contributed by atoms with Gasteiger partial charge in [0.05, 0.1) is 0 Å². The van der Waals surface area contributed by atoms with Crippen molar-refractivity contribution in [3.05, 3.63) is 0 Å². The van der Waals surface area contributed by atoms with Crippen molar-refractivity contribution in [2.75, 3.05) is 32.1 Å². The van der Waals surface area contributed by atoms with Gasteiger partial charge in [0.15, 0.2) is 0 Å². The summed E-state index contributed by atoms with van der Waals surface area (Å²) < 4.78 is 0. The molecule has 0 spiro atoms. The van der Waals surface area contributed by atoms with Gasteiger partial charge in [-0.3, -0.25) is 0 Å². The predicted molar refractivity (Wildman–Crippen MR) is 47.4 cm³/mol. The van der Waals surface area contributed by atoms with E-state index in [9.17, 15) is 0 Å². The van der Waals surface area contributed by atoms with Crippen molar-refractivity contribution in [3.8, 4) is 0 Å². The van der Waals surface area contributed by atoms with Crippen LogP contribution in [0, 0.1) is 0 Å². The first kappa shape index (κ1) is 8.37. The van der Waals surface area contributed by atoms with E-state index < -0.39 is 0 Å². The number of nitrogens with zero attached hydrogens (tertiary/aromatic N) is 1. The summed E-state index contributed by atoms with van der Waals surface area (Å²) in [4.78, 5) is 2.17. The fourth-order valence-electron chi connectivity index (χ4n) is 1.38. The van der Waals surface area contributed by atoms with Gasteiger partial charge in [-0.15, -0.1) is 0 Å². The molecule has 0 aromatic rings. The van der Waals surface area contributed by atoms with Crippen molar-refractivity contribution in [2.24, 2.45) is 5.73 Å². The molecule has 1 atom stereocenters. The van der Waals surface area contributed by atoms with E-state index in [-0.39, 0.29) is 5.54 Å². The smallest absolute Gasteiger partial charge is 0.0382 e. The van der Waals surface area contributed by atoms with E-state index in [1.165, 1.54) is 12.2 Å². The van der Waals surface area contributed by atoms with E-state index in [2.05, 4.69) is 19.0 Å². The third-order valence-electron chi connectivity index (χ3n) is 1.76. The lowest BCUT2D eigenvalue weighted by atomic mass is 10.0. The molecule has 0 amide bonds. The van der Waals surface area contributed by atoms with Gasteiger partial charge in [0.1, 0.15) is 0 Å². The summed E-state index contributed by atoms with van der Waals surface area (Å²) in [6, 6.07) is 0. The summed E-state index contributed by atoms with van der Waals surface area (Å²) in [5.41, 5.74) is 6.20. The Labute approximate surface area is 67.1 Å². The molecule has 0 bridgehead atoms. The molecule has 0 aromatic carbocycles. The SMILES string of the molecule is CN(C)CC1(N)CCSC1. The number of hydrogen-bond donors (Lipinski definition) is 1. The van der Waals surface area contributed by atoms with Crippen molar-refractivity contribution in [2.45, 2.75) is 12.0 Å². The van der Waals surface area contributed by atoms with Crippen molar-refractivity contribution in [1.82, 2.24) is 4.90 Å². The standard InChI is InChI=1S/C7H16N2S/c1-9(2)5-7(8)3-4-10-6-7/h3-6,8H2,1-2H3. The van der Waals surface area contributed by atoms with Gasteiger partial charge in [-0.05, 0) is 26.3 Å². The molecular formula is C7H16N2S. The van der Waals surface area contributed by atoms with Gasteiger partial charge >= 0.3 is 0 Å². The van der Waals surface area contributed by atoms with Crippen molar-refractivity contribution in [1.29, 1.82) is 0 Å². The number of hydrogen-bond acceptors (Lipinski definition) is 3. The van der Waals surface area contributed by atoms with Gasteiger partial charge in [0.25, 0.3) is 0 Å². The molecule has 2 nitrogen and oxygen atoms in total. The first-order chi connectivity index (χ1) is 4.62. The summed E-state index contributed by atoms with van der Waals surface area (Å²) in [6.45, 7) is 1.03. The highest BCUT2D eigenvalue weighted by Crippen LogP contribution is 2.25. The molecule has 1 heterocycles. The van der Waals surface area contributed by atoms with E-state index in [1.54, 1.807) is 0 Å². The average molecular weight is 160 g/mol. The molecule has 1 aliphatic heterocycles. The first-order valence-electron chi connectivity index (χ1n) is 3.64. The summed E-state index contributed by atoms with van der Waals surface area (Å²) in [5.74, 6) is 2.37. The maximum absolute atomic E-state index is 6.10. The fourth-order valence-corrected chi connectivity index (χ4v) is 2.71. The molecule has 2 N–H and O–H groups in total. The van der Waals surface area contributed by atoms with Gasteiger partial charge in [-0.2, -0.15) is 11.8 Å². The fraction of sp³-hybridized carbons (Fsp3) is 1.00. The summed E-state index contributed by atoms with van der Waals surface area (Å²) in [7, 11) is 4.16. The topological polar surface area (TPSA) is 29.3 Å². The lowest BCUT2D eigenvalue weighted by Gasteiger charge is -2.26. The van der Waals surface area contributed by atoms with Crippen LogP contribution in [-0.4, -0.2) is 42.6 Å². The lowest BCUT2D eigenvalue weighted by molar-refractivity contribution is 0.305. The van der Waals surface area contributed by atoms with Crippen molar-refractivity contribution >= 4 is 11.8 Å². The Balaban J connectivity index is 2.36. The van der Waals surface area contributed by atoms with E-state index in [4.69, 9.17) is 5.73 Å². The van der Waals surface area contributed by atoms with Crippen LogP contribution in [0.4, 0.5) is 0 Å². The highest BCUT2D eigenvalue weighted by Gasteiger charge is 2.29. The minimum atomic E-state index is 0.105. The van der Waals surface area contributed by atoms with Gasteiger partial charge in [0.2, 0.25) is 0 Å². The molecule has 10 heavy (non-hydrogen) atoms. The van der Waals surface area contributed by atoms with Gasteiger partial charge in [-0.1, -0.05) is 0 Å². The van der Waals surface area contributed by atoms with Crippen LogP contribution in [0.5, 0.6) is 0 Å². The van der Waals surface area contributed by atoms with E-state index in [0.29, 0.717) is 0 Å². The molecule has 0 aromatic heterocycles. The van der Waals surface area contributed by atoms with Crippen LogP contribution in [0.25, 0.3) is 0 Å². The summed E-state index contributed by atoms with van der Waals surface area (Å²) >= 11 is 1.97. The second kappa shape index (κ2) is 3.11. The van der Waals surface area contributed by atoms with E-state index in [0.717, 1.165) is 12.3 Å². The van der Waals surface area contributed by atoms with E-state index >= 15 is 0 Å². The summed E-state index contributed by atoms with van der Waals surface area (Å²) in [5, 5.41) is 0. The molecule has 1 aliphatic rings. The molecular weight excluding hydrogens is 144 g/mol. The second-order valence-corrected chi connectivity index (χ2v) is 4.51. The molecule has 1 fully saturated rings. The molecule has 60 valence electrons. The molecule has 1 rings (SSSR count). The Morgan fingerprint density at radius 1 is 1.60 bits per heavy atom. The number of likely N-dealkylation sites (N-methyl/N-ethyl adjacent to an activating group) is 1. The van der Waals surface area contributed by atoms with E-state index in [1.807, 2.05) is 11.8 Å². The number of rotatable bonds is 2. The third kappa shape index (κ3) is 2.15. The Hall–Kier alpha value is 0.270. The van der Waals surface area contributed by atoms with Crippen LogP contribution < -0.4 is 5.73 Å². The van der Waals surface area contributed by atoms with Crippen molar-refractivity contribution < 1.29 is 0 Å². The molecule has 0 aliphatic carbocycles. The highest BCUT2D eigenvalue weighted by molar-refractivity contribution is 7.99. The van der Waals surface area contributed by atoms with Gasteiger partial charge in [-0.25, -0.2) is 0 Å². The van der Waals surface area contributed by atoms with Gasteiger partial charge in [0, 0.05) is 17.8 Å². The molecule has 0 saturated carbocycles. The average Bonchev–Trinajstić information content (AvgIpc) is 2.12. The molecule has 1 unspecified atom stereocenters. The van der Waals surface area contributed by atoms with Crippen LogP contribution in [-0.2, 0) is 0 Å². The quantitative estimate of drug-likeness (QED) is 0.633. The Kier molecular flexibility index (Phi) is 2.61. The zero-order valence-corrected chi connectivity index (χ0v) is 7.58. The first-order valence-corrected chi connectivity index (χ1v) is 4.79. The number of thioether (sulfide) groups is 1. The second-order valence-electron chi connectivity index (χ2n) is 3.40. The van der Waals surface area contributed by atoms with Crippen LogP contribution in [0.15, 0.2) is 0 Å². The zero-order chi connectivity index (χ0) is 7.61. The van der Waals surface area contributed by atoms with Crippen molar-refractivity contribution in [3.63, 3.8) is 0 Å². The van der Waals surface area contributed by atoms with Crippen LogP contribution in [0.2, 0.25) is 0 Å². The Morgan fingerprint density at radius 2 is 2.30 bits per heavy atom. The maximum Gasteiger partial charge on any atom is 0.0382 e. The maximum atomic E-state index is 6.10. The molecule has 1 saturated heterocycles. The monoisotopic (exact) mass is 160 g/mol.